The van der Waals surface area contributed by atoms with Gasteiger partial charge in [0.1, 0.15) is 30.5 Å². The molecule has 15 heteroatoms. The molecule has 0 aliphatic carbocycles. The standard InChI is InChI=1S/C50H60BBrF2N2O9/c1-38-36-43(14-6-40-8-16-45(17-9-40)64-34-32-61-30-28-59-26-24-57-3)55-49(38)48(42-12-20-47(21-13-42)63-23-5-22-52)50-39(2)37-44(56(50)51(53)54)15-7-41-10-18-46(19-11-41)65-35-33-62-31-29-60-27-25-58-4/h6-21,36-37H,5,22-35H2,1-4H3/b14-6-,15-7+,49-48-. The van der Waals surface area contributed by atoms with Gasteiger partial charge < -0.3 is 47.1 Å². The number of hydrogen-bond acceptors (Lipinski definition) is 10. The summed E-state index contributed by atoms with van der Waals surface area (Å²) in [5.74, 6) is 2.11. The number of methoxy groups -OCH3 is 2. The van der Waals surface area contributed by atoms with E-state index in [2.05, 4.69) is 15.9 Å². The predicted octanol–water partition coefficient (Wildman–Crippen LogP) is 9.89. The predicted molar refractivity (Wildman–Crippen MR) is 259 cm³/mol. The lowest BCUT2D eigenvalue weighted by Gasteiger charge is -2.17. The molecular formula is C50H60BBrF2N2O9. The van der Waals surface area contributed by atoms with Gasteiger partial charge in [-0.2, -0.15) is 0 Å². The van der Waals surface area contributed by atoms with E-state index >= 15 is 8.63 Å². The van der Waals surface area contributed by atoms with Gasteiger partial charge in [-0.1, -0.05) is 64.5 Å². The molecule has 348 valence electrons. The van der Waals surface area contributed by atoms with E-state index in [0.29, 0.717) is 131 Å². The molecule has 0 bridgehead atoms. The number of allylic oxidation sites excluding steroid dienone is 3. The lowest BCUT2D eigenvalue weighted by atomic mass is 9.94. The van der Waals surface area contributed by atoms with E-state index in [1.807, 2.05) is 111 Å². The zero-order chi connectivity index (χ0) is 46.1. The highest BCUT2D eigenvalue weighted by molar-refractivity contribution is 9.09. The van der Waals surface area contributed by atoms with Crippen molar-refractivity contribution in [2.45, 2.75) is 20.3 Å². The highest BCUT2D eigenvalue weighted by atomic mass is 79.9. The van der Waals surface area contributed by atoms with Crippen molar-refractivity contribution < 1.29 is 51.3 Å². The highest BCUT2D eigenvalue weighted by Gasteiger charge is 2.30. The highest BCUT2D eigenvalue weighted by Crippen LogP contribution is 2.38. The van der Waals surface area contributed by atoms with Crippen LogP contribution in [0.2, 0.25) is 0 Å². The Labute approximate surface area is 391 Å². The lowest BCUT2D eigenvalue weighted by molar-refractivity contribution is 0.0180. The molecule has 0 atom stereocenters. The zero-order valence-electron chi connectivity index (χ0n) is 37.8. The fourth-order valence-electron chi connectivity index (χ4n) is 6.64. The van der Waals surface area contributed by atoms with Gasteiger partial charge in [-0.25, -0.2) is 4.99 Å². The van der Waals surface area contributed by atoms with Crippen LogP contribution in [0.4, 0.5) is 8.63 Å². The number of benzene rings is 3. The van der Waals surface area contributed by atoms with Crippen molar-refractivity contribution in [3.63, 3.8) is 0 Å². The Morgan fingerprint density at radius 1 is 0.600 bits per heavy atom. The van der Waals surface area contributed by atoms with Gasteiger partial charge >= 0.3 is 7.40 Å². The van der Waals surface area contributed by atoms with Crippen LogP contribution in [0.1, 0.15) is 47.0 Å². The SMILES string of the molecule is COCCOCCOCCOc1ccc(/C=C\C2=NC(=C(/c3ccc(OCCCBr)cc3)c3c(C)cc(/C=C/c4ccc(OCCOCCOCCOC)cc4)n3B(F)F)/C(C)=C2)cc1. The number of aromatic nitrogens is 1. The first-order valence-electron chi connectivity index (χ1n) is 21.7. The van der Waals surface area contributed by atoms with Crippen LogP contribution >= 0.6 is 15.9 Å². The van der Waals surface area contributed by atoms with Crippen LogP contribution in [0, 0.1) is 6.92 Å². The Morgan fingerprint density at radius 3 is 1.55 bits per heavy atom. The maximum atomic E-state index is 15.4. The Morgan fingerprint density at radius 2 is 1.06 bits per heavy atom. The topological polar surface area (TPSA) is 100 Å². The molecular weight excluding hydrogens is 901 g/mol. The van der Waals surface area contributed by atoms with Gasteiger partial charge in [0.15, 0.2) is 0 Å². The molecule has 0 fully saturated rings. The summed E-state index contributed by atoms with van der Waals surface area (Å²) in [5, 5.41) is 0.828. The Balaban J connectivity index is 1.32. The molecule has 1 aliphatic heterocycles. The Hall–Kier alpha value is -4.87. The van der Waals surface area contributed by atoms with Gasteiger partial charge in [0.05, 0.1) is 84.1 Å². The van der Waals surface area contributed by atoms with Crippen LogP contribution in [0.3, 0.4) is 0 Å². The van der Waals surface area contributed by atoms with E-state index in [1.54, 1.807) is 26.4 Å². The molecule has 0 N–H and O–H groups in total. The second-order valence-electron chi connectivity index (χ2n) is 14.7. The summed E-state index contributed by atoms with van der Waals surface area (Å²) in [6.45, 7) is 10.2. The second kappa shape index (κ2) is 28.9. The van der Waals surface area contributed by atoms with Gasteiger partial charge in [-0.15, -0.1) is 0 Å². The van der Waals surface area contributed by atoms with Crippen molar-refractivity contribution in [1.82, 2.24) is 4.48 Å². The summed E-state index contributed by atoms with van der Waals surface area (Å²) in [4.78, 5) is 5.05. The average molecular weight is 962 g/mol. The monoisotopic (exact) mass is 960 g/mol. The van der Waals surface area contributed by atoms with Crippen molar-refractivity contribution in [2.24, 2.45) is 4.99 Å². The summed E-state index contributed by atoms with van der Waals surface area (Å²) in [6.07, 6.45) is 10.2. The Kier molecular flexibility index (Phi) is 22.7. The van der Waals surface area contributed by atoms with Crippen LogP contribution in [0.15, 0.2) is 107 Å². The zero-order valence-corrected chi connectivity index (χ0v) is 39.4. The third kappa shape index (κ3) is 17.1. The van der Waals surface area contributed by atoms with Crippen molar-refractivity contribution in [2.75, 3.05) is 105 Å². The summed E-state index contributed by atoms with van der Waals surface area (Å²) in [7, 11) is 0.432. The summed E-state index contributed by atoms with van der Waals surface area (Å²) < 4.78 is 81.3. The van der Waals surface area contributed by atoms with Gasteiger partial charge in [0.25, 0.3) is 0 Å². The summed E-state index contributed by atoms with van der Waals surface area (Å²) in [5.41, 5.74) is 6.70. The first-order chi connectivity index (χ1) is 31.8. The molecule has 5 rings (SSSR count). The van der Waals surface area contributed by atoms with Crippen LogP contribution in [-0.4, -0.2) is 123 Å². The number of nitrogens with zero attached hydrogens (tertiary/aromatic N) is 2. The number of rotatable bonds is 31. The Bertz CT molecular complexity index is 2170. The minimum absolute atomic E-state index is 0.357. The van der Waals surface area contributed by atoms with Gasteiger partial charge in [-0.3, -0.25) is 8.63 Å². The first kappa shape index (κ1) is 51.1. The van der Waals surface area contributed by atoms with Crippen LogP contribution in [-0.2, 0) is 28.4 Å². The molecule has 11 nitrogen and oxygen atoms in total. The quantitative estimate of drug-likeness (QED) is 0.0277. The van der Waals surface area contributed by atoms with Crippen molar-refractivity contribution >= 4 is 52.8 Å². The summed E-state index contributed by atoms with van der Waals surface area (Å²) >= 11 is 3.44. The molecule has 2 heterocycles. The van der Waals surface area contributed by atoms with Crippen molar-refractivity contribution in [3.05, 3.63) is 136 Å². The molecule has 0 amide bonds. The molecule has 4 aromatic rings. The molecule has 0 spiro atoms. The van der Waals surface area contributed by atoms with Crippen LogP contribution in [0.25, 0.3) is 23.8 Å². The maximum Gasteiger partial charge on any atom is 0.678 e. The average Bonchev–Trinajstić information content (AvgIpc) is 3.85. The minimum atomic E-state index is -2.84. The normalized spacial score (nSPS) is 13.5. The van der Waals surface area contributed by atoms with Crippen LogP contribution in [0.5, 0.6) is 17.2 Å². The minimum Gasteiger partial charge on any atom is -0.494 e. The second-order valence-corrected chi connectivity index (χ2v) is 15.5. The smallest absolute Gasteiger partial charge is 0.494 e. The van der Waals surface area contributed by atoms with E-state index in [-0.39, 0.29) is 0 Å². The third-order valence-corrected chi connectivity index (χ3v) is 10.4. The number of ether oxygens (including phenoxy) is 9. The van der Waals surface area contributed by atoms with E-state index < -0.39 is 7.40 Å². The molecule has 0 saturated carbocycles. The molecule has 3 aromatic carbocycles. The van der Waals surface area contributed by atoms with E-state index in [1.165, 1.54) is 0 Å². The number of aryl methyl sites for hydroxylation is 1. The van der Waals surface area contributed by atoms with Gasteiger partial charge in [-0.05, 0) is 109 Å². The third-order valence-electron chi connectivity index (χ3n) is 9.85. The summed E-state index contributed by atoms with van der Waals surface area (Å²) in [6, 6.07) is 24.5. The van der Waals surface area contributed by atoms with E-state index in [4.69, 9.17) is 47.6 Å². The van der Waals surface area contributed by atoms with Crippen LogP contribution < -0.4 is 14.2 Å². The molecule has 1 aliphatic rings. The number of hydrogen-bond donors (Lipinski definition) is 0. The number of aliphatic imine (C=N–C) groups is 1. The maximum absolute atomic E-state index is 15.4. The van der Waals surface area contributed by atoms with Crippen molar-refractivity contribution in [3.8, 4) is 17.2 Å². The number of halogens is 3. The molecule has 65 heavy (non-hydrogen) atoms. The van der Waals surface area contributed by atoms with E-state index in [9.17, 15) is 0 Å². The fourth-order valence-corrected chi connectivity index (χ4v) is 6.87. The lowest BCUT2D eigenvalue weighted by Crippen LogP contribution is -2.18. The molecule has 0 unspecified atom stereocenters. The fraction of sp³-hybridized carbons (Fsp3) is 0.380. The molecule has 1 aromatic heterocycles. The number of alkyl halides is 1. The first-order valence-corrected chi connectivity index (χ1v) is 22.8. The van der Waals surface area contributed by atoms with Crippen molar-refractivity contribution in [1.29, 1.82) is 0 Å². The van der Waals surface area contributed by atoms with Gasteiger partial charge in [0, 0.05) is 36.5 Å². The van der Waals surface area contributed by atoms with E-state index in [0.717, 1.165) is 44.2 Å². The largest absolute Gasteiger partial charge is 0.678 e. The molecule has 0 radical (unpaired) electrons. The molecule has 0 saturated heterocycles. The van der Waals surface area contributed by atoms with Gasteiger partial charge in [0.2, 0.25) is 0 Å².